The molecule has 0 heterocycles. The van der Waals surface area contributed by atoms with Crippen molar-refractivity contribution in [1.82, 2.24) is 0 Å². The van der Waals surface area contributed by atoms with Gasteiger partial charge in [0.2, 0.25) is 0 Å². The Morgan fingerprint density at radius 3 is 1.78 bits per heavy atom. The molecule has 4 rings (SSSR count). The summed E-state index contributed by atoms with van der Waals surface area (Å²) in [6, 6.07) is 34.8. The second kappa shape index (κ2) is 16.7. The van der Waals surface area contributed by atoms with Gasteiger partial charge in [-0.1, -0.05) is 157 Å². The summed E-state index contributed by atoms with van der Waals surface area (Å²) in [5.41, 5.74) is 5.76. The zero-order chi connectivity index (χ0) is 26.2. The van der Waals surface area contributed by atoms with Gasteiger partial charge in [0.05, 0.1) is 0 Å². The van der Waals surface area contributed by atoms with Gasteiger partial charge in [0.25, 0.3) is 0 Å². The Labute approximate surface area is 221 Å². The van der Waals surface area contributed by atoms with Crippen LogP contribution in [0.3, 0.4) is 0 Å². The van der Waals surface area contributed by atoms with Crippen LogP contribution in [0.4, 0.5) is 0 Å². The van der Waals surface area contributed by atoms with Crippen LogP contribution < -0.4 is 0 Å². The molecule has 36 heavy (non-hydrogen) atoms. The van der Waals surface area contributed by atoms with Crippen LogP contribution in [-0.4, -0.2) is 0 Å². The topological polar surface area (TPSA) is 0 Å². The lowest BCUT2D eigenvalue weighted by Crippen LogP contribution is -1.93. The van der Waals surface area contributed by atoms with Crippen molar-refractivity contribution in [2.45, 2.75) is 91.9 Å². The maximum Gasteiger partial charge on any atom is -0.0149 e. The predicted molar refractivity (Wildman–Crippen MR) is 162 cm³/mol. The third-order valence-electron chi connectivity index (χ3n) is 6.83. The summed E-state index contributed by atoms with van der Waals surface area (Å²) in [6.07, 6.45) is 7.54. The number of aryl methyl sites for hydroxylation is 2. The maximum absolute atomic E-state index is 2.32. The molecule has 192 valence electrons. The number of fused-ring (bicyclic) bond motifs is 1. The Balaban J connectivity index is 0.000000196. The van der Waals surface area contributed by atoms with Crippen molar-refractivity contribution in [3.63, 3.8) is 0 Å². The van der Waals surface area contributed by atoms with Crippen LogP contribution >= 0.6 is 0 Å². The third kappa shape index (κ3) is 10.0. The molecule has 0 heteroatoms. The maximum atomic E-state index is 2.32. The molecule has 4 aromatic carbocycles. The summed E-state index contributed by atoms with van der Waals surface area (Å²) in [5, 5.41) is 2.78. The molecule has 0 aliphatic rings. The van der Waals surface area contributed by atoms with E-state index in [4.69, 9.17) is 0 Å². The minimum absolute atomic E-state index is 0.668. The molecule has 0 aliphatic carbocycles. The van der Waals surface area contributed by atoms with Crippen molar-refractivity contribution in [3.8, 4) is 0 Å². The quantitative estimate of drug-likeness (QED) is 0.235. The third-order valence-corrected chi connectivity index (χ3v) is 6.83. The van der Waals surface area contributed by atoms with Crippen LogP contribution in [0.1, 0.15) is 101 Å². The van der Waals surface area contributed by atoms with Gasteiger partial charge in [-0.3, -0.25) is 0 Å². The molecule has 0 saturated heterocycles. The molecule has 0 fully saturated rings. The van der Waals surface area contributed by atoms with Gasteiger partial charge in [0.15, 0.2) is 0 Å². The highest BCUT2D eigenvalue weighted by Gasteiger charge is 2.07. The summed E-state index contributed by atoms with van der Waals surface area (Å²) in [6.45, 7) is 13.4. The predicted octanol–water partition coefficient (Wildman–Crippen LogP) is 11.3. The Bertz CT molecular complexity index is 1090. The molecular weight excluding hydrogens is 432 g/mol. The van der Waals surface area contributed by atoms with Gasteiger partial charge in [-0.05, 0) is 65.5 Å². The lowest BCUT2D eigenvalue weighted by Gasteiger charge is -2.13. The van der Waals surface area contributed by atoms with Crippen molar-refractivity contribution in [1.29, 1.82) is 0 Å². The van der Waals surface area contributed by atoms with Crippen molar-refractivity contribution < 1.29 is 0 Å². The Morgan fingerprint density at radius 2 is 1.14 bits per heavy atom. The van der Waals surface area contributed by atoms with Gasteiger partial charge in [-0.25, -0.2) is 0 Å². The summed E-state index contributed by atoms with van der Waals surface area (Å²) >= 11 is 0. The molecule has 0 saturated carbocycles. The fraction of sp³-hybridized carbons (Fsp3) is 0.389. The average Bonchev–Trinajstić information content (AvgIpc) is 2.91. The van der Waals surface area contributed by atoms with Crippen LogP contribution in [0.15, 0.2) is 97.1 Å². The van der Waals surface area contributed by atoms with Crippen LogP contribution in [0.25, 0.3) is 10.8 Å². The Kier molecular flexibility index (Phi) is 13.7. The second-order valence-corrected chi connectivity index (χ2v) is 10.1. The van der Waals surface area contributed by atoms with Crippen molar-refractivity contribution in [2.24, 2.45) is 0 Å². The largest absolute Gasteiger partial charge is 0.0654 e. The van der Waals surface area contributed by atoms with E-state index in [1.807, 2.05) is 0 Å². The zero-order valence-electron chi connectivity index (χ0n) is 23.6. The lowest BCUT2D eigenvalue weighted by atomic mass is 9.92. The first kappa shape index (κ1) is 29.4. The van der Waals surface area contributed by atoms with E-state index in [-0.39, 0.29) is 0 Å². The van der Waals surface area contributed by atoms with E-state index in [0.29, 0.717) is 5.92 Å². The van der Waals surface area contributed by atoms with Gasteiger partial charge in [-0.2, -0.15) is 0 Å². The first-order valence-electron chi connectivity index (χ1n) is 14.1. The summed E-state index contributed by atoms with van der Waals surface area (Å²) in [5.74, 6) is 1.39. The summed E-state index contributed by atoms with van der Waals surface area (Å²) in [7, 11) is 0. The van der Waals surface area contributed by atoms with Crippen LogP contribution in [0.2, 0.25) is 0 Å². The van der Waals surface area contributed by atoms with Gasteiger partial charge in [0.1, 0.15) is 0 Å². The van der Waals surface area contributed by atoms with E-state index in [0.717, 1.165) is 5.92 Å². The standard InChI is InChI=1S/C15H18.C11H16.C10H14/c1-3-7-12(2)14-11-6-9-13-8-4-5-10-15(13)14;1-3-7-10(2)11-8-5-4-6-9-11;1-3-4-10-7-5-9(2)6-8-10/h4-6,8-12H,3,7H2,1-2H3;4-6,8-10H,3,7H2,1-2H3;5-8H,3-4H2,1-2H3. The second-order valence-electron chi connectivity index (χ2n) is 10.1. The molecule has 0 bridgehead atoms. The fourth-order valence-electron chi connectivity index (χ4n) is 4.69. The minimum Gasteiger partial charge on any atom is -0.0654 e. The highest BCUT2D eigenvalue weighted by molar-refractivity contribution is 5.86. The van der Waals surface area contributed by atoms with E-state index in [1.165, 1.54) is 71.6 Å². The van der Waals surface area contributed by atoms with Crippen molar-refractivity contribution in [2.75, 3.05) is 0 Å². The van der Waals surface area contributed by atoms with E-state index in [2.05, 4.69) is 139 Å². The van der Waals surface area contributed by atoms with E-state index in [9.17, 15) is 0 Å². The zero-order valence-corrected chi connectivity index (χ0v) is 23.6. The van der Waals surface area contributed by atoms with Crippen LogP contribution in [0, 0.1) is 6.92 Å². The number of hydrogen-bond donors (Lipinski definition) is 0. The first-order valence-corrected chi connectivity index (χ1v) is 14.1. The van der Waals surface area contributed by atoms with Gasteiger partial charge in [0, 0.05) is 0 Å². The highest BCUT2D eigenvalue weighted by Crippen LogP contribution is 2.28. The van der Waals surface area contributed by atoms with E-state index >= 15 is 0 Å². The smallest absolute Gasteiger partial charge is 0.0149 e. The van der Waals surface area contributed by atoms with Gasteiger partial charge >= 0.3 is 0 Å². The first-order chi connectivity index (χ1) is 17.5. The van der Waals surface area contributed by atoms with Crippen molar-refractivity contribution in [3.05, 3.63) is 119 Å². The average molecular weight is 481 g/mol. The molecule has 4 aromatic rings. The molecular formula is C36H48. The number of hydrogen-bond acceptors (Lipinski definition) is 0. The molecule has 0 N–H and O–H groups in total. The monoisotopic (exact) mass is 480 g/mol. The van der Waals surface area contributed by atoms with Gasteiger partial charge < -0.3 is 0 Å². The molecule has 0 radical (unpaired) electrons. The SMILES string of the molecule is CCCC(C)c1cccc2ccccc12.CCCC(C)c1ccccc1.CCCc1ccc(C)cc1. The number of benzene rings is 4. The fourth-order valence-corrected chi connectivity index (χ4v) is 4.69. The molecule has 0 aromatic heterocycles. The van der Waals surface area contributed by atoms with Crippen molar-refractivity contribution >= 4 is 10.8 Å². The van der Waals surface area contributed by atoms with E-state index < -0.39 is 0 Å². The Morgan fingerprint density at radius 1 is 0.556 bits per heavy atom. The van der Waals surface area contributed by atoms with E-state index in [1.54, 1.807) is 0 Å². The van der Waals surface area contributed by atoms with Crippen LogP contribution in [-0.2, 0) is 6.42 Å². The molecule has 2 atom stereocenters. The Hall–Kier alpha value is -2.86. The molecule has 0 spiro atoms. The molecule has 2 unspecified atom stereocenters. The molecule has 0 nitrogen and oxygen atoms in total. The molecule has 0 amide bonds. The molecule has 0 aliphatic heterocycles. The lowest BCUT2D eigenvalue weighted by molar-refractivity contribution is 0.665. The summed E-state index contributed by atoms with van der Waals surface area (Å²) < 4.78 is 0. The normalized spacial score (nSPS) is 12.1. The highest BCUT2D eigenvalue weighted by atomic mass is 14.1. The van der Waals surface area contributed by atoms with Crippen LogP contribution in [0.5, 0.6) is 0 Å². The summed E-state index contributed by atoms with van der Waals surface area (Å²) in [4.78, 5) is 0. The minimum atomic E-state index is 0.668. The number of rotatable bonds is 8. The van der Waals surface area contributed by atoms with Gasteiger partial charge in [-0.15, -0.1) is 0 Å².